The van der Waals surface area contributed by atoms with Crippen molar-refractivity contribution in [1.82, 2.24) is 9.62 Å². The van der Waals surface area contributed by atoms with Crippen molar-refractivity contribution < 1.29 is 8.42 Å². The molecule has 1 rings (SSSR count). The van der Waals surface area contributed by atoms with E-state index in [1.165, 1.54) is 0 Å². The summed E-state index contributed by atoms with van der Waals surface area (Å²) in [6.45, 7) is 14.0. The van der Waals surface area contributed by atoms with Crippen molar-refractivity contribution in [2.24, 2.45) is 17.3 Å². The molecule has 0 bridgehead atoms. The maximum Gasteiger partial charge on any atom is 0.214 e. The number of hydrogen-bond acceptors (Lipinski definition) is 3. The average Bonchev–Trinajstić information content (AvgIpc) is 2.36. The highest BCUT2D eigenvalue weighted by Crippen LogP contribution is 2.23. The Balaban J connectivity index is 2.47. The zero-order valence-corrected chi connectivity index (χ0v) is 15.3. The first-order valence-electron chi connectivity index (χ1n) is 8.29. The lowest BCUT2D eigenvalue weighted by molar-refractivity contribution is 0.257. The SMILES string of the molecule is CC(C)CNCC1CCCN(S(=O)(=O)CCC(C)(C)C)C1. The van der Waals surface area contributed by atoms with Crippen LogP contribution < -0.4 is 5.32 Å². The van der Waals surface area contributed by atoms with Gasteiger partial charge in [0, 0.05) is 13.1 Å². The summed E-state index contributed by atoms with van der Waals surface area (Å²) >= 11 is 0. The molecule has 0 aliphatic carbocycles. The van der Waals surface area contributed by atoms with Gasteiger partial charge in [-0.25, -0.2) is 12.7 Å². The summed E-state index contributed by atoms with van der Waals surface area (Å²) < 4.78 is 26.7. The molecule has 0 spiro atoms. The van der Waals surface area contributed by atoms with Crippen LogP contribution >= 0.6 is 0 Å². The Labute approximate surface area is 131 Å². The topological polar surface area (TPSA) is 49.4 Å². The molecule has 0 aromatic carbocycles. The molecule has 0 saturated carbocycles. The molecule has 1 aliphatic heterocycles. The fraction of sp³-hybridized carbons (Fsp3) is 1.00. The predicted molar refractivity (Wildman–Crippen MR) is 89.9 cm³/mol. The van der Waals surface area contributed by atoms with E-state index >= 15 is 0 Å². The number of nitrogens with zero attached hydrogens (tertiary/aromatic N) is 1. The maximum atomic E-state index is 12.5. The lowest BCUT2D eigenvalue weighted by atomic mass is 9.94. The third-order valence-corrected chi connectivity index (χ3v) is 5.81. The summed E-state index contributed by atoms with van der Waals surface area (Å²) in [4.78, 5) is 0. The Kier molecular flexibility index (Phi) is 7.14. The molecule has 0 radical (unpaired) electrons. The Morgan fingerprint density at radius 1 is 1.29 bits per heavy atom. The summed E-state index contributed by atoms with van der Waals surface area (Å²) in [5.74, 6) is 1.38. The minimum Gasteiger partial charge on any atom is -0.316 e. The first-order chi connectivity index (χ1) is 9.60. The van der Waals surface area contributed by atoms with Crippen LogP contribution in [0.5, 0.6) is 0 Å². The van der Waals surface area contributed by atoms with E-state index in [0.717, 1.165) is 32.4 Å². The van der Waals surface area contributed by atoms with Gasteiger partial charge in [0.15, 0.2) is 0 Å². The molecule has 0 aromatic heterocycles. The van der Waals surface area contributed by atoms with Crippen molar-refractivity contribution >= 4 is 10.0 Å². The van der Waals surface area contributed by atoms with Gasteiger partial charge in [0.1, 0.15) is 0 Å². The highest BCUT2D eigenvalue weighted by Gasteiger charge is 2.29. The van der Waals surface area contributed by atoms with Crippen molar-refractivity contribution in [3.8, 4) is 0 Å². The second-order valence-corrected chi connectivity index (χ2v) is 10.1. The molecule has 1 aliphatic rings. The monoisotopic (exact) mass is 318 g/mol. The zero-order chi connectivity index (χ0) is 16.1. The molecule has 1 heterocycles. The Bertz CT molecular complexity index is 399. The van der Waals surface area contributed by atoms with E-state index in [0.29, 0.717) is 24.9 Å². The van der Waals surface area contributed by atoms with E-state index in [-0.39, 0.29) is 11.2 Å². The van der Waals surface area contributed by atoms with Crippen molar-refractivity contribution in [3.63, 3.8) is 0 Å². The summed E-state index contributed by atoms with van der Waals surface area (Å²) in [5, 5.41) is 3.46. The Morgan fingerprint density at radius 2 is 1.95 bits per heavy atom. The highest BCUT2D eigenvalue weighted by molar-refractivity contribution is 7.89. The van der Waals surface area contributed by atoms with Crippen LogP contribution in [0.15, 0.2) is 0 Å². The van der Waals surface area contributed by atoms with Crippen molar-refractivity contribution in [1.29, 1.82) is 0 Å². The van der Waals surface area contributed by atoms with Crippen molar-refractivity contribution in [2.75, 3.05) is 31.9 Å². The number of piperidine rings is 1. The summed E-state index contributed by atoms with van der Waals surface area (Å²) in [6, 6.07) is 0. The summed E-state index contributed by atoms with van der Waals surface area (Å²) in [7, 11) is -3.09. The molecular weight excluding hydrogens is 284 g/mol. The fourth-order valence-corrected chi connectivity index (χ4v) is 4.56. The van der Waals surface area contributed by atoms with Gasteiger partial charge < -0.3 is 5.32 Å². The van der Waals surface area contributed by atoms with Gasteiger partial charge in [0.2, 0.25) is 10.0 Å². The van der Waals surface area contributed by atoms with E-state index in [1.54, 1.807) is 4.31 Å². The van der Waals surface area contributed by atoms with Gasteiger partial charge >= 0.3 is 0 Å². The fourth-order valence-electron chi connectivity index (χ4n) is 2.59. The van der Waals surface area contributed by atoms with E-state index < -0.39 is 10.0 Å². The van der Waals surface area contributed by atoms with Crippen LogP contribution in [0.4, 0.5) is 0 Å². The molecular formula is C16H34N2O2S. The van der Waals surface area contributed by atoms with E-state index in [1.807, 2.05) is 0 Å². The Morgan fingerprint density at radius 3 is 2.52 bits per heavy atom. The Hall–Kier alpha value is -0.130. The van der Waals surface area contributed by atoms with Crippen LogP contribution in [0.3, 0.4) is 0 Å². The molecule has 0 amide bonds. The van der Waals surface area contributed by atoms with E-state index in [9.17, 15) is 8.42 Å². The van der Waals surface area contributed by atoms with Gasteiger partial charge in [-0.1, -0.05) is 34.6 Å². The van der Waals surface area contributed by atoms with Gasteiger partial charge in [0.05, 0.1) is 5.75 Å². The predicted octanol–water partition coefficient (Wildman–Crippen LogP) is 2.71. The zero-order valence-electron chi connectivity index (χ0n) is 14.5. The van der Waals surface area contributed by atoms with Gasteiger partial charge in [-0.3, -0.25) is 0 Å². The van der Waals surface area contributed by atoms with Gasteiger partial charge in [-0.2, -0.15) is 0 Å². The van der Waals surface area contributed by atoms with E-state index in [4.69, 9.17) is 0 Å². The standard InChI is InChI=1S/C16H34N2O2S/c1-14(2)11-17-12-15-7-6-9-18(13-15)21(19,20)10-8-16(3,4)5/h14-15,17H,6-13H2,1-5H3. The first-order valence-corrected chi connectivity index (χ1v) is 9.89. The average molecular weight is 319 g/mol. The van der Waals surface area contributed by atoms with Crippen molar-refractivity contribution in [2.45, 2.75) is 53.9 Å². The van der Waals surface area contributed by atoms with E-state index in [2.05, 4.69) is 39.9 Å². The summed E-state index contributed by atoms with van der Waals surface area (Å²) in [6.07, 6.45) is 2.85. The second kappa shape index (κ2) is 7.93. The van der Waals surface area contributed by atoms with Gasteiger partial charge in [0.25, 0.3) is 0 Å². The third kappa shape index (κ3) is 7.61. The summed E-state index contributed by atoms with van der Waals surface area (Å²) in [5.41, 5.74) is 0.0705. The highest BCUT2D eigenvalue weighted by atomic mass is 32.2. The van der Waals surface area contributed by atoms with Gasteiger partial charge in [-0.05, 0) is 49.6 Å². The molecule has 21 heavy (non-hydrogen) atoms. The van der Waals surface area contributed by atoms with Crippen LogP contribution in [-0.4, -0.2) is 44.7 Å². The molecule has 4 nitrogen and oxygen atoms in total. The number of hydrogen-bond donors (Lipinski definition) is 1. The molecule has 1 unspecified atom stereocenters. The molecule has 0 aromatic rings. The molecule has 1 atom stereocenters. The van der Waals surface area contributed by atoms with Gasteiger partial charge in [-0.15, -0.1) is 0 Å². The quantitative estimate of drug-likeness (QED) is 0.785. The lowest BCUT2D eigenvalue weighted by Gasteiger charge is -2.33. The molecule has 1 saturated heterocycles. The first kappa shape index (κ1) is 18.9. The smallest absolute Gasteiger partial charge is 0.214 e. The van der Waals surface area contributed by atoms with Crippen LogP contribution in [0, 0.1) is 17.3 Å². The van der Waals surface area contributed by atoms with Crippen molar-refractivity contribution in [3.05, 3.63) is 0 Å². The number of sulfonamides is 1. The normalized spacial score (nSPS) is 21.9. The second-order valence-electron chi connectivity index (χ2n) is 8.05. The maximum absolute atomic E-state index is 12.5. The molecule has 5 heteroatoms. The number of nitrogens with one attached hydrogen (secondary N) is 1. The molecule has 1 fully saturated rings. The van der Waals surface area contributed by atoms with Crippen LogP contribution in [0.1, 0.15) is 53.9 Å². The van der Waals surface area contributed by atoms with Crippen LogP contribution in [-0.2, 0) is 10.0 Å². The lowest BCUT2D eigenvalue weighted by Crippen LogP contribution is -2.44. The molecule has 1 N–H and O–H groups in total. The number of rotatable bonds is 7. The minimum atomic E-state index is -3.09. The van der Waals surface area contributed by atoms with Crippen LogP contribution in [0.25, 0.3) is 0 Å². The third-order valence-electron chi connectivity index (χ3n) is 3.97. The molecule has 126 valence electrons. The van der Waals surface area contributed by atoms with Crippen LogP contribution in [0.2, 0.25) is 0 Å². The largest absolute Gasteiger partial charge is 0.316 e. The minimum absolute atomic E-state index is 0.0705.